The molecule has 1 rings (SSSR count). The second-order valence-electron chi connectivity index (χ2n) is 5.47. The maximum Gasteiger partial charge on any atom is 0.244 e. The lowest BCUT2D eigenvalue weighted by Gasteiger charge is -2.26. The summed E-state index contributed by atoms with van der Waals surface area (Å²) in [5.41, 5.74) is 6.39. The fraction of sp³-hybridized carbons (Fsp3) is 0.571. The van der Waals surface area contributed by atoms with Gasteiger partial charge in [0.2, 0.25) is 10.0 Å². The van der Waals surface area contributed by atoms with Crippen molar-refractivity contribution in [3.63, 3.8) is 0 Å². The summed E-state index contributed by atoms with van der Waals surface area (Å²) in [6.45, 7) is 6.42. The average Bonchev–Trinajstić information content (AvgIpc) is 2.37. The van der Waals surface area contributed by atoms with E-state index in [4.69, 9.17) is 5.73 Å². The number of hydrogen-bond acceptors (Lipinski definition) is 3. The summed E-state index contributed by atoms with van der Waals surface area (Å²) >= 11 is 3.32. The maximum absolute atomic E-state index is 12.7. The highest BCUT2D eigenvalue weighted by Crippen LogP contribution is 2.27. The van der Waals surface area contributed by atoms with Crippen molar-refractivity contribution >= 4 is 26.0 Å². The number of nitrogens with zero attached hydrogens (tertiary/aromatic N) is 1. The van der Waals surface area contributed by atoms with Gasteiger partial charge in [-0.1, -0.05) is 19.9 Å². The summed E-state index contributed by atoms with van der Waals surface area (Å²) < 4.78 is 27.4. The van der Waals surface area contributed by atoms with Gasteiger partial charge in [0.15, 0.2) is 0 Å². The highest BCUT2D eigenvalue weighted by molar-refractivity contribution is 9.10. The quantitative estimate of drug-likeness (QED) is 0.845. The minimum Gasteiger partial charge on any atom is -0.326 e. The second kappa shape index (κ2) is 7.02. The van der Waals surface area contributed by atoms with Crippen LogP contribution in [0.25, 0.3) is 0 Å². The summed E-state index contributed by atoms with van der Waals surface area (Å²) in [4.78, 5) is 0.276. The molecule has 1 unspecified atom stereocenters. The first kappa shape index (κ1) is 17.6. The van der Waals surface area contributed by atoms with Crippen molar-refractivity contribution in [2.75, 3.05) is 7.05 Å². The molecular weight excluding hydrogens is 340 g/mol. The molecule has 0 bridgehead atoms. The van der Waals surface area contributed by atoms with Crippen molar-refractivity contribution in [1.82, 2.24) is 4.31 Å². The van der Waals surface area contributed by atoms with Crippen LogP contribution in [0.3, 0.4) is 0 Å². The molecule has 0 spiro atoms. The zero-order valence-corrected chi connectivity index (χ0v) is 14.8. The van der Waals surface area contributed by atoms with E-state index in [1.807, 2.05) is 13.0 Å². The molecule has 0 amide bonds. The Balaban J connectivity index is 3.16. The highest BCUT2D eigenvalue weighted by atomic mass is 79.9. The predicted molar refractivity (Wildman–Crippen MR) is 85.9 cm³/mol. The van der Waals surface area contributed by atoms with Crippen molar-refractivity contribution in [1.29, 1.82) is 0 Å². The summed E-state index contributed by atoms with van der Waals surface area (Å²) in [6.07, 6.45) is 0.823. The first-order valence-electron chi connectivity index (χ1n) is 6.66. The number of sulfonamides is 1. The van der Waals surface area contributed by atoms with E-state index in [1.165, 1.54) is 4.31 Å². The Hall–Kier alpha value is -0.430. The molecule has 114 valence electrons. The topological polar surface area (TPSA) is 63.4 Å². The molecule has 0 aliphatic carbocycles. The molecule has 0 aliphatic rings. The van der Waals surface area contributed by atoms with Crippen LogP contribution >= 0.6 is 15.9 Å². The van der Waals surface area contributed by atoms with E-state index in [1.54, 1.807) is 19.2 Å². The normalized spacial score (nSPS) is 14.0. The van der Waals surface area contributed by atoms with Crippen LogP contribution in [0.4, 0.5) is 0 Å². The Morgan fingerprint density at radius 1 is 1.30 bits per heavy atom. The van der Waals surface area contributed by atoms with Crippen LogP contribution < -0.4 is 5.73 Å². The molecule has 0 saturated heterocycles. The van der Waals surface area contributed by atoms with Crippen LogP contribution in [-0.2, 0) is 16.6 Å². The third-order valence-electron chi connectivity index (χ3n) is 3.32. The fourth-order valence-electron chi connectivity index (χ4n) is 2.10. The van der Waals surface area contributed by atoms with Gasteiger partial charge in [-0.15, -0.1) is 0 Å². The van der Waals surface area contributed by atoms with E-state index >= 15 is 0 Å². The molecule has 0 heterocycles. The van der Waals surface area contributed by atoms with Crippen molar-refractivity contribution < 1.29 is 8.42 Å². The average molecular weight is 363 g/mol. The Bertz CT molecular complexity index is 558. The molecule has 20 heavy (non-hydrogen) atoms. The number of hydrogen-bond donors (Lipinski definition) is 1. The van der Waals surface area contributed by atoms with Crippen molar-refractivity contribution in [3.8, 4) is 0 Å². The number of rotatable bonds is 6. The summed E-state index contributed by atoms with van der Waals surface area (Å²) in [7, 11) is -1.89. The lowest BCUT2D eigenvalue weighted by molar-refractivity contribution is 0.337. The number of nitrogens with two attached hydrogens (primary N) is 1. The van der Waals surface area contributed by atoms with Gasteiger partial charge in [-0.3, -0.25) is 0 Å². The van der Waals surface area contributed by atoms with Gasteiger partial charge in [0, 0.05) is 24.1 Å². The molecule has 0 aromatic heterocycles. The van der Waals surface area contributed by atoms with Gasteiger partial charge >= 0.3 is 0 Å². The molecule has 0 saturated carbocycles. The van der Waals surface area contributed by atoms with Crippen LogP contribution in [0, 0.1) is 5.92 Å². The van der Waals surface area contributed by atoms with Gasteiger partial charge in [0.1, 0.15) is 0 Å². The summed E-state index contributed by atoms with van der Waals surface area (Å²) in [5.74, 6) is 0.446. The molecule has 1 atom stereocenters. The molecule has 0 aliphatic heterocycles. The van der Waals surface area contributed by atoms with E-state index in [9.17, 15) is 8.42 Å². The lowest BCUT2D eigenvalue weighted by Crippen LogP contribution is -2.36. The third-order valence-corrected chi connectivity index (χ3v) is 6.29. The first-order valence-corrected chi connectivity index (χ1v) is 8.90. The van der Waals surface area contributed by atoms with Crippen molar-refractivity contribution in [2.45, 2.75) is 44.7 Å². The Morgan fingerprint density at radius 2 is 1.90 bits per heavy atom. The van der Waals surface area contributed by atoms with Crippen LogP contribution in [-0.4, -0.2) is 25.8 Å². The van der Waals surface area contributed by atoms with Gasteiger partial charge in [-0.05, 0) is 52.9 Å². The highest BCUT2D eigenvalue weighted by Gasteiger charge is 2.27. The van der Waals surface area contributed by atoms with Gasteiger partial charge < -0.3 is 5.73 Å². The SMILES string of the molecule is CC(C)CC(C)N(C)S(=O)(=O)c1cc(CN)ccc1Br. The monoisotopic (exact) mass is 362 g/mol. The number of halogens is 1. The second-order valence-corrected chi connectivity index (χ2v) is 8.29. The van der Waals surface area contributed by atoms with E-state index in [0.717, 1.165) is 12.0 Å². The zero-order valence-electron chi connectivity index (χ0n) is 12.4. The predicted octanol–water partition coefficient (Wildman–Crippen LogP) is 2.96. The van der Waals surface area contributed by atoms with Crippen molar-refractivity contribution in [3.05, 3.63) is 28.2 Å². The summed E-state index contributed by atoms with van der Waals surface area (Å²) in [6, 6.07) is 5.14. The number of benzene rings is 1. The minimum atomic E-state index is -3.52. The molecule has 0 fully saturated rings. The minimum absolute atomic E-state index is 0.0477. The van der Waals surface area contributed by atoms with Crippen LogP contribution in [0.1, 0.15) is 32.8 Å². The fourth-order valence-corrected chi connectivity index (χ4v) is 4.44. The molecule has 4 nitrogen and oxygen atoms in total. The Morgan fingerprint density at radius 3 is 2.40 bits per heavy atom. The van der Waals surface area contributed by atoms with Crippen LogP contribution in [0.2, 0.25) is 0 Å². The largest absolute Gasteiger partial charge is 0.326 e. The standard InChI is InChI=1S/C14H23BrN2O2S/c1-10(2)7-11(3)17(4)20(18,19)14-8-12(9-16)5-6-13(14)15/h5-6,8,10-11H,7,9,16H2,1-4H3. The molecular formula is C14H23BrN2O2S. The van der Waals surface area contributed by atoms with E-state index in [-0.39, 0.29) is 10.9 Å². The molecule has 2 N–H and O–H groups in total. The van der Waals surface area contributed by atoms with Gasteiger partial charge in [-0.25, -0.2) is 8.42 Å². The zero-order chi connectivity index (χ0) is 15.5. The van der Waals surface area contributed by atoms with Gasteiger partial charge in [-0.2, -0.15) is 4.31 Å². The molecule has 1 aromatic carbocycles. The smallest absolute Gasteiger partial charge is 0.244 e. The lowest BCUT2D eigenvalue weighted by atomic mass is 10.1. The molecule has 0 radical (unpaired) electrons. The Kier molecular flexibility index (Phi) is 6.19. The van der Waals surface area contributed by atoms with Gasteiger partial charge in [0.05, 0.1) is 4.90 Å². The summed E-state index contributed by atoms with van der Waals surface area (Å²) in [5, 5.41) is 0. The van der Waals surface area contributed by atoms with Gasteiger partial charge in [0.25, 0.3) is 0 Å². The Labute approximate surface area is 130 Å². The maximum atomic E-state index is 12.7. The van der Waals surface area contributed by atoms with Crippen molar-refractivity contribution in [2.24, 2.45) is 11.7 Å². The molecule has 1 aromatic rings. The van der Waals surface area contributed by atoms with Crippen LogP contribution in [0.15, 0.2) is 27.6 Å². The molecule has 6 heteroatoms. The third kappa shape index (κ3) is 4.04. The van der Waals surface area contributed by atoms with Crippen LogP contribution in [0.5, 0.6) is 0 Å². The first-order chi connectivity index (χ1) is 9.20. The van der Waals surface area contributed by atoms with E-state index in [0.29, 0.717) is 16.9 Å². The van der Waals surface area contributed by atoms with E-state index in [2.05, 4.69) is 29.8 Å². The van der Waals surface area contributed by atoms with E-state index < -0.39 is 10.0 Å².